The van der Waals surface area contributed by atoms with Crippen LogP contribution in [0.25, 0.3) is 0 Å². The molecule has 2 rings (SSSR count). The highest BCUT2D eigenvalue weighted by atomic mass is 16.5. The molecule has 0 saturated heterocycles. The molecule has 0 atom stereocenters. The quantitative estimate of drug-likeness (QED) is 0.625. The zero-order valence-corrected chi connectivity index (χ0v) is 12.8. The van der Waals surface area contributed by atoms with E-state index in [9.17, 15) is 0 Å². The summed E-state index contributed by atoms with van der Waals surface area (Å²) in [6.07, 6.45) is 3.57. The Morgan fingerprint density at radius 1 is 0.857 bits per heavy atom. The van der Waals surface area contributed by atoms with E-state index in [4.69, 9.17) is 9.47 Å². The zero-order valence-electron chi connectivity index (χ0n) is 12.8. The molecule has 0 bridgehead atoms. The molecule has 112 valence electrons. The molecule has 0 fully saturated rings. The molecule has 0 radical (unpaired) electrons. The molecule has 2 heteroatoms. The Balaban J connectivity index is 1.66. The molecule has 0 aliphatic rings. The fourth-order valence-electron chi connectivity index (χ4n) is 2.15. The van der Waals surface area contributed by atoms with Gasteiger partial charge < -0.3 is 9.47 Å². The number of hydrogen-bond acceptors (Lipinski definition) is 2. The van der Waals surface area contributed by atoms with Gasteiger partial charge in [0.15, 0.2) is 0 Å². The lowest BCUT2D eigenvalue weighted by atomic mass is 10.1. The molecule has 0 amide bonds. The van der Waals surface area contributed by atoms with E-state index in [0.29, 0.717) is 19.8 Å². The summed E-state index contributed by atoms with van der Waals surface area (Å²) in [7, 11) is 0. The summed E-state index contributed by atoms with van der Waals surface area (Å²) in [5.74, 6) is 0.937. The van der Waals surface area contributed by atoms with E-state index in [1.807, 2.05) is 24.3 Å². The first-order valence-electron chi connectivity index (χ1n) is 7.72. The highest BCUT2D eigenvalue weighted by Gasteiger charge is 1.98. The van der Waals surface area contributed by atoms with Crippen LogP contribution in [0.1, 0.15) is 30.9 Å². The van der Waals surface area contributed by atoms with Crippen LogP contribution >= 0.6 is 0 Å². The van der Waals surface area contributed by atoms with Gasteiger partial charge in [-0.2, -0.15) is 0 Å². The van der Waals surface area contributed by atoms with E-state index in [-0.39, 0.29) is 0 Å². The topological polar surface area (TPSA) is 18.5 Å². The molecule has 0 aliphatic carbocycles. The molecule has 0 spiro atoms. The van der Waals surface area contributed by atoms with Gasteiger partial charge in [0.05, 0.1) is 13.2 Å². The van der Waals surface area contributed by atoms with E-state index in [1.54, 1.807) is 0 Å². The minimum Gasteiger partial charge on any atom is -0.491 e. The smallest absolute Gasteiger partial charge is 0.119 e. The Hall–Kier alpha value is -1.80. The first kappa shape index (κ1) is 15.6. The molecule has 2 aromatic carbocycles. The summed E-state index contributed by atoms with van der Waals surface area (Å²) in [5, 5.41) is 0. The second kappa shape index (κ2) is 9.19. The van der Waals surface area contributed by atoms with Gasteiger partial charge in [-0.3, -0.25) is 0 Å². The number of ether oxygens (including phenoxy) is 2. The van der Waals surface area contributed by atoms with Crippen molar-refractivity contribution in [1.29, 1.82) is 0 Å². The van der Waals surface area contributed by atoms with Crippen molar-refractivity contribution in [3.05, 3.63) is 65.7 Å². The van der Waals surface area contributed by atoms with Gasteiger partial charge in [0.25, 0.3) is 0 Å². The summed E-state index contributed by atoms with van der Waals surface area (Å²) < 4.78 is 11.4. The third kappa shape index (κ3) is 6.01. The van der Waals surface area contributed by atoms with Crippen molar-refractivity contribution in [3.8, 4) is 5.75 Å². The number of hydrogen-bond donors (Lipinski definition) is 0. The summed E-state index contributed by atoms with van der Waals surface area (Å²) in [5.41, 5.74) is 2.54. The van der Waals surface area contributed by atoms with Crippen molar-refractivity contribution >= 4 is 0 Å². The zero-order chi connectivity index (χ0) is 14.8. The fourth-order valence-corrected chi connectivity index (χ4v) is 2.15. The van der Waals surface area contributed by atoms with Crippen molar-refractivity contribution in [2.45, 2.75) is 32.8 Å². The van der Waals surface area contributed by atoms with E-state index < -0.39 is 0 Å². The van der Waals surface area contributed by atoms with Gasteiger partial charge in [0.2, 0.25) is 0 Å². The average Bonchev–Trinajstić information content (AvgIpc) is 2.54. The van der Waals surface area contributed by atoms with Gasteiger partial charge >= 0.3 is 0 Å². The molecule has 0 N–H and O–H groups in total. The van der Waals surface area contributed by atoms with Gasteiger partial charge in [-0.1, -0.05) is 55.8 Å². The molecule has 21 heavy (non-hydrogen) atoms. The minimum absolute atomic E-state index is 0.587. The van der Waals surface area contributed by atoms with E-state index in [2.05, 4.69) is 37.3 Å². The summed E-state index contributed by atoms with van der Waals surface area (Å²) in [6.45, 7) is 4.04. The first-order chi connectivity index (χ1) is 10.4. The molecular formula is C19H24O2. The molecular weight excluding hydrogens is 260 g/mol. The van der Waals surface area contributed by atoms with E-state index in [0.717, 1.165) is 12.2 Å². The van der Waals surface area contributed by atoms with Crippen LogP contribution in [0, 0.1) is 0 Å². The van der Waals surface area contributed by atoms with Crippen molar-refractivity contribution in [2.24, 2.45) is 0 Å². The second-order valence-electron chi connectivity index (χ2n) is 5.14. The van der Waals surface area contributed by atoms with Gasteiger partial charge in [0.1, 0.15) is 12.4 Å². The highest BCUT2D eigenvalue weighted by molar-refractivity contribution is 5.28. The largest absolute Gasteiger partial charge is 0.491 e. The van der Waals surface area contributed by atoms with Gasteiger partial charge in [-0.15, -0.1) is 0 Å². The van der Waals surface area contributed by atoms with Crippen molar-refractivity contribution in [2.75, 3.05) is 13.2 Å². The standard InChI is InChI=1S/C19H24O2/c1-2-3-8-17-11-7-12-19(15-17)21-14-13-20-16-18-9-5-4-6-10-18/h4-7,9-12,15H,2-3,8,13-14,16H2,1H3. The fraction of sp³-hybridized carbons (Fsp3) is 0.368. The third-order valence-electron chi connectivity index (χ3n) is 3.33. The summed E-state index contributed by atoms with van der Waals surface area (Å²) in [4.78, 5) is 0. The lowest BCUT2D eigenvalue weighted by Crippen LogP contribution is -2.06. The van der Waals surface area contributed by atoms with Gasteiger partial charge in [-0.05, 0) is 36.1 Å². The Morgan fingerprint density at radius 3 is 2.48 bits per heavy atom. The highest BCUT2D eigenvalue weighted by Crippen LogP contribution is 2.15. The van der Waals surface area contributed by atoms with Crippen molar-refractivity contribution in [3.63, 3.8) is 0 Å². The number of rotatable bonds is 9. The monoisotopic (exact) mass is 284 g/mol. The maximum absolute atomic E-state index is 5.74. The molecule has 0 saturated carbocycles. The van der Waals surface area contributed by atoms with Crippen LogP contribution in [0.15, 0.2) is 54.6 Å². The molecule has 0 unspecified atom stereocenters. The van der Waals surface area contributed by atoms with Gasteiger partial charge in [-0.25, -0.2) is 0 Å². The lowest BCUT2D eigenvalue weighted by Gasteiger charge is -2.09. The Kier molecular flexibility index (Phi) is 6.82. The van der Waals surface area contributed by atoms with Crippen LogP contribution < -0.4 is 4.74 Å². The summed E-state index contributed by atoms with van der Waals surface area (Å²) >= 11 is 0. The van der Waals surface area contributed by atoms with Crippen LogP contribution in [0.4, 0.5) is 0 Å². The van der Waals surface area contributed by atoms with Crippen LogP contribution in [0.2, 0.25) is 0 Å². The second-order valence-corrected chi connectivity index (χ2v) is 5.14. The molecule has 2 aromatic rings. The van der Waals surface area contributed by atoms with Crippen LogP contribution in [-0.4, -0.2) is 13.2 Å². The molecule has 0 heterocycles. The Labute approximate surface area is 127 Å². The first-order valence-corrected chi connectivity index (χ1v) is 7.72. The molecule has 2 nitrogen and oxygen atoms in total. The predicted octanol–water partition coefficient (Wildman–Crippen LogP) is 4.62. The molecule has 0 aliphatic heterocycles. The van der Waals surface area contributed by atoms with Crippen molar-refractivity contribution < 1.29 is 9.47 Å². The van der Waals surface area contributed by atoms with Crippen LogP contribution in [0.5, 0.6) is 5.75 Å². The summed E-state index contributed by atoms with van der Waals surface area (Å²) in [6, 6.07) is 18.6. The maximum atomic E-state index is 5.74. The Morgan fingerprint density at radius 2 is 1.67 bits per heavy atom. The van der Waals surface area contributed by atoms with Crippen LogP contribution in [-0.2, 0) is 17.8 Å². The average molecular weight is 284 g/mol. The maximum Gasteiger partial charge on any atom is 0.119 e. The van der Waals surface area contributed by atoms with Crippen molar-refractivity contribution in [1.82, 2.24) is 0 Å². The minimum atomic E-state index is 0.587. The third-order valence-corrected chi connectivity index (χ3v) is 3.33. The predicted molar refractivity (Wildman–Crippen MR) is 86.6 cm³/mol. The number of unbranched alkanes of at least 4 members (excludes halogenated alkanes) is 1. The van der Waals surface area contributed by atoms with Crippen LogP contribution in [0.3, 0.4) is 0 Å². The number of benzene rings is 2. The number of aryl methyl sites for hydroxylation is 1. The van der Waals surface area contributed by atoms with Gasteiger partial charge in [0, 0.05) is 0 Å². The normalized spacial score (nSPS) is 10.5. The lowest BCUT2D eigenvalue weighted by molar-refractivity contribution is 0.0889. The van der Waals surface area contributed by atoms with E-state index in [1.165, 1.54) is 24.0 Å². The Bertz CT molecular complexity index is 508. The molecule has 0 aromatic heterocycles. The van der Waals surface area contributed by atoms with E-state index >= 15 is 0 Å². The SMILES string of the molecule is CCCCc1cccc(OCCOCc2ccccc2)c1.